The SMILES string of the molecule is CSCc1nc(C(C)C)c(C(=O)O)s1. The zero-order valence-electron chi connectivity index (χ0n) is 8.40. The molecule has 1 rings (SSSR count). The molecule has 78 valence electrons. The first-order valence-electron chi connectivity index (χ1n) is 4.28. The molecule has 14 heavy (non-hydrogen) atoms. The van der Waals surface area contributed by atoms with Crippen molar-refractivity contribution in [3.8, 4) is 0 Å². The Morgan fingerprint density at radius 3 is 2.64 bits per heavy atom. The predicted octanol–water partition coefficient (Wildman–Crippen LogP) is 2.83. The second kappa shape index (κ2) is 4.79. The topological polar surface area (TPSA) is 50.2 Å². The number of thioether (sulfide) groups is 1. The van der Waals surface area contributed by atoms with Gasteiger partial charge in [-0.2, -0.15) is 11.8 Å². The molecule has 0 unspecified atom stereocenters. The van der Waals surface area contributed by atoms with Gasteiger partial charge in [0.05, 0.1) is 5.69 Å². The molecular weight excluding hydrogens is 218 g/mol. The zero-order chi connectivity index (χ0) is 10.7. The van der Waals surface area contributed by atoms with E-state index in [0.717, 1.165) is 10.8 Å². The minimum Gasteiger partial charge on any atom is -0.477 e. The van der Waals surface area contributed by atoms with Crippen molar-refractivity contribution in [3.05, 3.63) is 15.6 Å². The van der Waals surface area contributed by atoms with Crippen LogP contribution in [0.2, 0.25) is 0 Å². The number of hydrogen-bond acceptors (Lipinski definition) is 4. The fourth-order valence-electron chi connectivity index (χ4n) is 1.11. The molecule has 0 radical (unpaired) electrons. The highest BCUT2D eigenvalue weighted by Crippen LogP contribution is 2.26. The molecule has 0 atom stereocenters. The number of rotatable bonds is 4. The van der Waals surface area contributed by atoms with Crippen LogP contribution in [0.4, 0.5) is 0 Å². The number of carbonyl (C=O) groups is 1. The second-order valence-electron chi connectivity index (χ2n) is 3.21. The minimum absolute atomic E-state index is 0.174. The zero-order valence-corrected chi connectivity index (χ0v) is 10.0. The summed E-state index contributed by atoms with van der Waals surface area (Å²) < 4.78 is 0. The van der Waals surface area contributed by atoms with Gasteiger partial charge in [-0.1, -0.05) is 13.8 Å². The number of carboxylic acids is 1. The Kier molecular flexibility index (Phi) is 3.95. The molecule has 1 aromatic rings. The van der Waals surface area contributed by atoms with Crippen LogP contribution in [0, 0.1) is 0 Å². The lowest BCUT2D eigenvalue weighted by Crippen LogP contribution is -2.00. The van der Waals surface area contributed by atoms with E-state index in [9.17, 15) is 4.79 Å². The van der Waals surface area contributed by atoms with Crippen LogP contribution in [-0.4, -0.2) is 22.3 Å². The molecule has 0 aromatic carbocycles. The lowest BCUT2D eigenvalue weighted by atomic mass is 10.1. The molecule has 0 saturated heterocycles. The average molecular weight is 231 g/mol. The van der Waals surface area contributed by atoms with Gasteiger partial charge in [0.2, 0.25) is 0 Å². The van der Waals surface area contributed by atoms with Crippen molar-refractivity contribution >= 4 is 29.1 Å². The molecule has 1 aromatic heterocycles. The number of thiazole rings is 1. The lowest BCUT2D eigenvalue weighted by molar-refractivity contribution is 0.0700. The van der Waals surface area contributed by atoms with Gasteiger partial charge in [0, 0.05) is 5.75 Å². The smallest absolute Gasteiger partial charge is 0.347 e. The van der Waals surface area contributed by atoms with E-state index in [1.807, 2.05) is 20.1 Å². The summed E-state index contributed by atoms with van der Waals surface area (Å²) >= 11 is 2.94. The van der Waals surface area contributed by atoms with Crippen molar-refractivity contribution in [2.24, 2.45) is 0 Å². The van der Waals surface area contributed by atoms with Crippen LogP contribution in [0.3, 0.4) is 0 Å². The number of aromatic nitrogens is 1. The lowest BCUT2D eigenvalue weighted by Gasteiger charge is -2.00. The Balaban J connectivity index is 3.06. The van der Waals surface area contributed by atoms with E-state index >= 15 is 0 Å². The van der Waals surface area contributed by atoms with Gasteiger partial charge in [-0.25, -0.2) is 9.78 Å². The molecule has 0 fully saturated rings. The highest BCUT2D eigenvalue weighted by atomic mass is 32.2. The third-order valence-corrected chi connectivity index (χ3v) is 3.51. The molecule has 0 aliphatic heterocycles. The molecule has 0 amide bonds. The van der Waals surface area contributed by atoms with E-state index in [2.05, 4.69) is 4.98 Å². The van der Waals surface area contributed by atoms with Gasteiger partial charge in [0.15, 0.2) is 0 Å². The molecule has 0 saturated carbocycles. The maximum Gasteiger partial charge on any atom is 0.347 e. The van der Waals surface area contributed by atoms with Crippen molar-refractivity contribution in [2.45, 2.75) is 25.5 Å². The first-order valence-corrected chi connectivity index (χ1v) is 6.49. The maximum atomic E-state index is 10.9. The number of nitrogens with zero attached hydrogens (tertiary/aromatic N) is 1. The largest absolute Gasteiger partial charge is 0.477 e. The summed E-state index contributed by atoms with van der Waals surface area (Å²) in [6.45, 7) is 3.93. The number of hydrogen-bond donors (Lipinski definition) is 1. The summed E-state index contributed by atoms with van der Waals surface area (Å²) in [4.78, 5) is 15.6. The first-order chi connectivity index (χ1) is 6.56. The Morgan fingerprint density at radius 2 is 2.29 bits per heavy atom. The van der Waals surface area contributed by atoms with Crippen molar-refractivity contribution in [1.29, 1.82) is 0 Å². The second-order valence-corrected chi connectivity index (χ2v) is 5.16. The average Bonchev–Trinajstić information content (AvgIpc) is 2.49. The van der Waals surface area contributed by atoms with Crippen LogP contribution in [0.5, 0.6) is 0 Å². The molecule has 0 aliphatic rings. The Hall–Kier alpha value is -0.550. The van der Waals surface area contributed by atoms with Crippen LogP contribution >= 0.6 is 23.1 Å². The van der Waals surface area contributed by atoms with Crippen LogP contribution in [0.1, 0.15) is 40.1 Å². The van der Waals surface area contributed by atoms with Gasteiger partial charge < -0.3 is 5.11 Å². The van der Waals surface area contributed by atoms with Crippen LogP contribution < -0.4 is 0 Å². The summed E-state index contributed by atoms with van der Waals surface area (Å²) in [5.74, 6) is 0.101. The maximum absolute atomic E-state index is 10.9. The highest BCUT2D eigenvalue weighted by Gasteiger charge is 2.18. The fourth-order valence-corrected chi connectivity index (χ4v) is 2.86. The molecule has 1 N–H and O–H groups in total. The van der Waals surface area contributed by atoms with Crippen molar-refractivity contribution in [2.75, 3.05) is 6.26 Å². The van der Waals surface area contributed by atoms with E-state index < -0.39 is 5.97 Å². The van der Waals surface area contributed by atoms with E-state index in [4.69, 9.17) is 5.11 Å². The molecule has 3 nitrogen and oxygen atoms in total. The molecule has 0 aliphatic carbocycles. The van der Waals surface area contributed by atoms with E-state index in [-0.39, 0.29) is 5.92 Å². The van der Waals surface area contributed by atoms with Crippen molar-refractivity contribution < 1.29 is 9.90 Å². The van der Waals surface area contributed by atoms with Gasteiger partial charge in [-0.15, -0.1) is 11.3 Å². The summed E-state index contributed by atoms with van der Waals surface area (Å²) in [6.07, 6.45) is 1.98. The Morgan fingerprint density at radius 1 is 1.64 bits per heavy atom. The van der Waals surface area contributed by atoms with Gasteiger partial charge >= 0.3 is 5.97 Å². The van der Waals surface area contributed by atoms with E-state index in [1.54, 1.807) is 11.8 Å². The van der Waals surface area contributed by atoms with Gasteiger partial charge in [0.25, 0.3) is 0 Å². The number of aromatic carboxylic acids is 1. The molecule has 5 heteroatoms. The fraction of sp³-hybridized carbons (Fsp3) is 0.556. The Labute approximate surface area is 91.6 Å². The third kappa shape index (κ3) is 2.48. The summed E-state index contributed by atoms with van der Waals surface area (Å²) in [5, 5.41) is 9.86. The molecule has 0 spiro atoms. The summed E-state index contributed by atoms with van der Waals surface area (Å²) in [7, 11) is 0. The Bertz CT molecular complexity index is 334. The van der Waals surface area contributed by atoms with E-state index in [0.29, 0.717) is 10.6 Å². The summed E-state index contributed by atoms with van der Waals surface area (Å²) in [5.41, 5.74) is 0.714. The van der Waals surface area contributed by atoms with Crippen LogP contribution in [0.15, 0.2) is 0 Å². The third-order valence-electron chi connectivity index (χ3n) is 1.71. The van der Waals surface area contributed by atoms with Crippen LogP contribution in [-0.2, 0) is 5.75 Å². The molecular formula is C9H13NO2S2. The quantitative estimate of drug-likeness (QED) is 0.865. The summed E-state index contributed by atoms with van der Waals surface area (Å²) in [6, 6.07) is 0. The molecule has 0 bridgehead atoms. The monoisotopic (exact) mass is 231 g/mol. The van der Waals surface area contributed by atoms with E-state index in [1.165, 1.54) is 11.3 Å². The normalized spacial score (nSPS) is 10.9. The van der Waals surface area contributed by atoms with Crippen molar-refractivity contribution in [1.82, 2.24) is 4.98 Å². The predicted molar refractivity (Wildman–Crippen MR) is 60.4 cm³/mol. The van der Waals surface area contributed by atoms with Crippen molar-refractivity contribution in [3.63, 3.8) is 0 Å². The van der Waals surface area contributed by atoms with Crippen LogP contribution in [0.25, 0.3) is 0 Å². The number of carboxylic acid groups (broad SMARTS) is 1. The molecule has 1 heterocycles. The standard InChI is InChI=1S/C9H13NO2S2/c1-5(2)7-8(9(11)12)14-6(10-7)4-13-3/h5H,4H2,1-3H3,(H,11,12). The highest BCUT2D eigenvalue weighted by molar-refractivity contribution is 7.97. The van der Waals surface area contributed by atoms with Gasteiger partial charge in [0.1, 0.15) is 9.88 Å². The minimum atomic E-state index is -0.862. The van der Waals surface area contributed by atoms with Gasteiger partial charge in [-0.05, 0) is 12.2 Å². The first kappa shape index (κ1) is 11.5. The van der Waals surface area contributed by atoms with Gasteiger partial charge in [-0.3, -0.25) is 0 Å².